The molecule has 1 aliphatic rings. The third-order valence-electron chi connectivity index (χ3n) is 5.95. The number of aromatic nitrogens is 1. The van der Waals surface area contributed by atoms with E-state index >= 15 is 0 Å². The number of hydrogen-bond acceptors (Lipinski definition) is 1. The summed E-state index contributed by atoms with van der Waals surface area (Å²) in [6.45, 7) is 2.74. The van der Waals surface area contributed by atoms with Crippen molar-refractivity contribution in [1.29, 1.82) is 0 Å². The van der Waals surface area contributed by atoms with Gasteiger partial charge in [0.25, 0.3) is 0 Å². The Morgan fingerprint density at radius 3 is 2.57 bits per heavy atom. The van der Waals surface area contributed by atoms with Crippen LogP contribution < -0.4 is 4.90 Å². The standard InChI is InChI=1S/C26H23FN2O/c1-18-14-20-6-2-4-8-24(20)29(18)26(30)15-21-17-28(25-9-5-3-7-23(21)25)16-19-10-12-22(27)13-11-19/h2-13,17-18H,14-16H2,1H3. The molecule has 0 radical (unpaired) electrons. The van der Waals surface area contributed by atoms with E-state index in [-0.39, 0.29) is 17.8 Å². The van der Waals surface area contributed by atoms with Gasteiger partial charge in [0.15, 0.2) is 0 Å². The van der Waals surface area contributed by atoms with E-state index < -0.39 is 0 Å². The summed E-state index contributed by atoms with van der Waals surface area (Å²) in [5.41, 5.74) is 5.40. The number of amides is 1. The molecule has 0 saturated carbocycles. The van der Waals surface area contributed by atoms with Crippen molar-refractivity contribution in [2.75, 3.05) is 4.90 Å². The number of para-hydroxylation sites is 2. The van der Waals surface area contributed by atoms with Crippen LogP contribution in [0.3, 0.4) is 0 Å². The molecule has 3 nitrogen and oxygen atoms in total. The van der Waals surface area contributed by atoms with E-state index in [4.69, 9.17) is 0 Å². The molecule has 2 heterocycles. The molecule has 0 aliphatic carbocycles. The topological polar surface area (TPSA) is 25.2 Å². The van der Waals surface area contributed by atoms with Crippen LogP contribution in [0.1, 0.15) is 23.6 Å². The van der Waals surface area contributed by atoms with E-state index in [2.05, 4.69) is 35.9 Å². The lowest BCUT2D eigenvalue weighted by molar-refractivity contribution is -0.118. The van der Waals surface area contributed by atoms with Gasteiger partial charge >= 0.3 is 0 Å². The van der Waals surface area contributed by atoms with Crippen molar-refractivity contribution in [2.24, 2.45) is 0 Å². The predicted octanol–water partition coefficient (Wildman–Crippen LogP) is 5.35. The van der Waals surface area contributed by atoms with Crippen LogP contribution in [0.2, 0.25) is 0 Å². The lowest BCUT2D eigenvalue weighted by Gasteiger charge is -2.22. The number of carbonyl (C=O) groups is 1. The van der Waals surface area contributed by atoms with Crippen LogP contribution in [-0.4, -0.2) is 16.5 Å². The Balaban J connectivity index is 1.46. The van der Waals surface area contributed by atoms with E-state index in [1.807, 2.05) is 35.2 Å². The molecule has 0 N–H and O–H groups in total. The summed E-state index contributed by atoms with van der Waals surface area (Å²) >= 11 is 0. The molecule has 1 unspecified atom stereocenters. The van der Waals surface area contributed by atoms with Gasteiger partial charge in [-0.3, -0.25) is 4.79 Å². The fourth-order valence-electron chi connectivity index (χ4n) is 4.57. The van der Waals surface area contributed by atoms with Crippen molar-refractivity contribution < 1.29 is 9.18 Å². The SMILES string of the molecule is CC1Cc2ccccc2N1C(=O)Cc1cn(Cc2ccc(F)cc2)c2ccccc12. The van der Waals surface area contributed by atoms with E-state index in [1.165, 1.54) is 17.7 Å². The van der Waals surface area contributed by atoms with Gasteiger partial charge < -0.3 is 9.47 Å². The largest absolute Gasteiger partial charge is 0.343 e. The number of carbonyl (C=O) groups excluding carboxylic acids is 1. The quantitative estimate of drug-likeness (QED) is 0.455. The summed E-state index contributed by atoms with van der Waals surface area (Å²) in [6.07, 6.45) is 3.32. The van der Waals surface area contributed by atoms with Crippen LogP contribution in [-0.2, 0) is 24.2 Å². The van der Waals surface area contributed by atoms with Gasteiger partial charge in [-0.05, 0) is 54.3 Å². The molecule has 0 fully saturated rings. The Morgan fingerprint density at radius 1 is 1.00 bits per heavy atom. The number of nitrogens with zero attached hydrogens (tertiary/aromatic N) is 2. The summed E-state index contributed by atoms with van der Waals surface area (Å²) in [6, 6.07) is 23.1. The van der Waals surface area contributed by atoms with E-state index in [9.17, 15) is 9.18 Å². The van der Waals surface area contributed by atoms with Gasteiger partial charge in [0.1, 0.15) is 5.82 Å². The minimum Gasteiger partial charge on any atom is -0.343 e. The highest BCUT2D eigenvalue weighted by atomic mass is 19.1. The minimum atomic E-state index is -0.234. The summed E-state index contributed by atoms with van der Waals surface area (Å²) < 4.78 is 15.4. The Kier molecular flexibility index (Phi) is 4.62. The lowest BCUT2D eigenvalue weighted by atomic mass is 10.1. The zero-order valence-electron chi connectivity index (χ0n) is 16.9. The zero-order chi connectivity index (χ0) is 20.7. The fraction of sp³-hybridized carbons (Fsp3) is 0.192. The molecule has 150 valence electrons. The van der Waals surface area contributed by atoms with Crippen LogP contribution in [0.5, 0.6) is 0 Å². The number of anilines is 1. The normalized spacial score (nSPS) is 15.5. The van der Waals surface area contributed by atoms with Gasteiger partial charge in [0.2, 0.25) is 5.91 Å². The number of hydrogen-bond donors (Lipinski definition) is 0. The Bertz CT molecular complexity index is 1230. The first-order valence-corrected chi connectivity index (χ1v) is 10.3. The third kappa shape index (κ3) is 3.28. The Labute approximate surface area is 175 Å². The average Bonchev–Trinajstić information content (AvgIpc) is 3.26. The molecule has 3 aromatic carbocycles. The first-order chi connectivity index (χ1) is 14.6. The molecule has 1 amide bonds. The molecule has 0 bridgehead atoms. The molecule has 0 spiro atoms. The maximum atomic E-state index is 13.3. The highest BCUT2D eigenvalue weighted by molar-refractivity contribution is 5.99. The molecule has 5 rings (SSSR count). The second kappa shape index (κ2) is 7.45. The minimum absolute atomic E-state index is 0.122. The number of rotatable bonds is 4. The van der Waals surface area contributed by atoms with Crippen molar-refractivity contribution in [1.82, 2.24) is 4.57 Å². The fourth-order valence-corrected chi connectivity index (χ4v) is 4.57. The molecular formula is C26H23FN2O. The first kappa shape index (κ1) is 18.6. The van der Waals surface area contributed by atoms with Crippen molar-refractivity contribution in [3.63, 3.8) is 0 Å². The summed E-state index contributed by atoms with van der Waals surface area (Å²) in [7, 11) is 0. The van der Waals surface area contributed by atoms with Crippen molar-refractivity contribution in [3.8, 4) is 0 Å². The molecular weight excluding hydrogens is 375 g/mol. The van der Waals surface area contributed by atoms with Crippen LogP contribution in [0.4, 0.5) is 10.1 Å². The molecule has 1 aliphatic heterocycles. The molecule has 1 atom stereocenters. The zero-order valence-corrected chi connectivity index (χ0v) is 16.9. The van der Waals surface area contributed by atoms with Gasteiger partial charge in [-0.25, -0.2) is 4.39 Å². The van der Waals surface area contributed by atoms with Crippen LogP contribution in [0, 0.1) is 5.82 Å². The Morgan fingerprint density at radius 2 is 1.73 bits per heavy atom. The maximum Gasteiger partial charge on any atom is 0.231 e. The molecule has 1 aromatic heterocycles. The highest BCUT2D eigenvalue weighted by Crippen LogP contribution is 2.33. The van der Waals surface area contributed by atoms with Crippen LogP contribution in [0.25, 0.3) is 10.9 Å². The highest BCUT2D eigenvalue weighted by Gasteiger charge is 2.30. The van der Waals surface area contributed by atoms with Gasteiger partial charge in [-0.15, -0.1) is 0 Å². The van der Waals surface area contributed by atoms with Gasteiger partial charge in [0.05, 0.1) is 6.42 Å². The monoisotopic (exact) mass is 398 g/mol. The predicted molar refractivity (Wildman–Crippen MR) is 118 cm³/mol. The van der Waals surface area contributed by atoms with Crippen molar-refractivity contribution >= 4 is 22.5 Å². The van der Waals surface area contributed by atoms with E-state index in [0.29, 0.717) is 13.0 Å². The lowest BCUT2D eigenvalue weighted by Crippen LogP contribution is -2.36. The third-order valence-corrected chi connectivity index (χ3v) is 5.95. The van der Waals surface area contributed by atoms with Crippen molar-refractivity contribution in [2.45, 2.75) is 32.4 Å². The molecule has 0 saturated heterocycles. The molecule has 4 aromatic rings. The maximum absolute atomic E-state index is 13.3. The second-order valence-electron chi connectivity index (χ2n) is 8.05. The molecule has 4 heteroatoms. The van der Waals surface area contributed by atoms with Crippen LogP contribution in [0.15, 0.2) is 79.0 Å². The van der Waals surface area contributed by atoms with Gasteiger partial charge in [-0.1, -0.05) is 48.5 Å². The van der Waals surface area contributed by atoms with E-state index in [1.54, 1.807) is 12.1 Å². The summed E-state index contributed by atoms with van der Waals surface area (Å²) in [5, 5.41) is 1.09. The number of benzene rings is 3. The van der Waals surface area contributed by atoms with Crippen LogP contribution >= 0.6 is 0 Å². The summed E-state index contributed by atoms with van der Waals surface area (Å²) in [4.78, 5) is 15.3. The van der Waals surface area contributed by atoms with E-state index in [0.717, 1.165) is 34.1 Å². The van der Waals surface area contributed by atoms with Gasteiger partial charge in [-0.2, -0.15) is 0 Å². The molecule has 30 heavy (non-hydrogen) atoms. The average molecular weight is 398 g/mol. The first-order valence-electron chi connectivity index (χ1n) is 10.3. The number of fused-ring (bicyclic) bond motifs is 2. The number of halogens is 1. The Hall–Kier alpha value is -3.40. The second-order valence-corrected chi connectivity index (χ2v) is 8.05. The smallest absolute Gasteiger partial charge is 0.231 e. The summed E-state index contributed by atoms with van der Waals surface area (Å²) in [5.74, 6) is -0.112. The van der Waals surface area contributed by atoms with Crippen molar-refractivity contribution in [3.05, 3.63) is 102 Å². The van der Waals surface area contributed by atoms with Gasteiger partial charge in [0, 0.05) is 35.4 Å².